The summed E-state index contributed by atoms with van der Waals surface area (Å²) in [6.45, 7) is 0.717. The van der Waals surface area contributed by atoms with E-state index in [9.17, 15) is 16.8 Å². The highest BCUT2D eigenvalue weighted by molar-refractivity contribution is 7.91. The molecular weight excluding hydrogens is 406 g/mol. The molecule has 0 radical (unpaired) electrons. The molecule has 0 bridgehead atoms. The zero-order chi connectivity index (χ0) is 20.8. The standard InChI is InChI=1S/C22H23NO4S2/c1-28(24,25)17-12-13-21(22(15-17)29(2,26)27)23-14-6-11-20(23)19-10-5-8-16-7-3-4-9-18(16)19/h3-5,7-10,12-13,15,20H,6,11,14H2,1-2H3. The van der Waals surface area contributed by atoms with Gasteiger partial charge in [-0.15, -0.1) is 0 Å². The Balaban J connectivity index is 1.88. The van der Waals surface area contributed by atoms with Gasteiger partial charge in [0, 0.05) is 19.1 Å². The number of hydrogen-bond donors (Lipinski definition) is 0. The van der Waals surface area contributed by atoms with Gasteiger partial charge in [-0.2, -0.15) is 0 Å². The summed E-state index contributed by atoms with van der Waals surface area (Å²) in [4.78, 5) is 2.18. The van der Waals surface area contributed by atoms with E-state index in [1.54, 1.807) is 6.07 Å². The Bertz CT molecular complexity index is 1290. The average Bonchev–Trinajstić information content (AvgIpc) is 3.15. The van der Waals surface area contributed by atoms with Crippen molar-refractivity contribution in [1.29, 1.82) is 0 Å². The van der Waals surface area contributed by atoms with Crippen LogP contribution < -0.4 is 4.90 Å². The summed E-state index contributed by atoms with van der Waals surface area (Å²) in [5, 5.41) is 2.30. The van der Waals surface area contributed by atoms with Gasteiger partial charge >= 0.3 is 0 Å². The number of nitrogens with zero attached hydrogens (tertiary/aromatic N) is 1. The quantitative estimate of drug-likeness (QED) is 0.627. The molecule has 0 spiro atoms. The molecule has 4 rings (SSSR count). The monoisotopic (exact) mass is 429 g/mol. The van der Waals surface area contributed by atoms with Crippen LogP contribution in [0, 0.1) is 0 Å². The highest BCUT2D eigenvalue weighted by Gasteiger charge is 2.31. The Kier molecular flexibility index (Phi) is 4.91. The molecule has 0 aliphatic carbocycles. The van der Waals surface area contributed by atoms with Crippen LogP contribution in [0.5, 0.6) is 0 Å². The first kappa shape index (κ1) is 19.9. The first-order valence-corrected chi connectivity index (χ1v) is 13.2. The molecule has 0 N–H and O–H groups in total. The SMILES string of the molecule is CS(=O)(=O)c1ccc(N2CCCC2c2cccc3ccccc23)c(S(C)(=O)=O)c1. The molecule has 1 atom stereocenters. The molecule has 7 heteroatoms. The van der Waals surface area contributed by atoms with Crippen LogP contribution in [0.3, 0.4) is 0 Å². The van der Waals surface area contributed by atoms with E-state index in [0.29, 0.717) is 12.2 Å². The zero-order valence-electron chi connectivity index (χ0n) is 16.4. The Labute approximate surface area is 171 Å². The van der Waals surface area contributed by atoms with Gasteiger partial charge in [-0.05, 0) is 47.4 Å². The fourth-order valence-electron chi connectivity index (χ4n) is 4.18. The molecular formula is C22H23NO4S2. The van der Waals surface area contributed by atoms with Gasteiger partial charge in [0.05, 0.1) is 21.5 Å². The van der Waals surface area contributed by atoms with E-state index >= 15 is 0 Å². The predicted octanol–water partition coefficient (Wildman–Crippen LogP) is 3.99. The smallest absolute Gasteiger partial charge is 0.177 e. The maximum absolute atomic E-state index is 12.5. The lowest BCUT2D eigenvalue weighted by Crippen LogP contribution is -2.25. The van der Waals surface area contributed by atoms with Gasteiger partial charge in [0.2, 0.25) is 0 Å². The fraction of sp³-hybridized carbons (Fsp3) is 0.273. The highest BCUT2D eigenvalue weighted by atomic mass is 32.2. The number of benzene rings is 3. The highest BCUT2D eigenvalue weighted by Crippen LogP contribution is 2.41. The van der Waals surface area contributed by atoms with Crippen LogP contribution in [-0.4, -0.2) is 35.9 Å². The third-order valence-electron chi connectivity index (χ3n) is 5.50. The molecule has 0 amide bonds. The van der Waals surface area contributed by atoms with Crippen molar-refractivity contribution in [2.75, 3.05) is 24.0 Å². The summed E-state index contributed by atoms with van der Waals surface area (Å²) in [5.41, 5.74) is 1.72. The van der Waals surface area contributed by atoms with Gasteiger partial charge in [0.1, 0.15) is 0 Å². The predicted molar refractivity (Wildman–Crippen MR) is 116 cm³/mol. The normalized spacial score (nSPS) is 17.7. The molecule has 5 nitrogen and oxygen atoms in total. The van der Waals surface area contributed by atoms with Crippen LogP contribution in [0.25, 0.3) is 10.8 Å². The minimum absolute atomic E-state index is 0.0163. The van der Waals surface area contributed by atoms with Gasteiger partial charge in [0.15, 0.2) is 19.7 Å². The number of rotatable bonds is 4. The summed E-state index contributed by atoms with van der Waals surface area (Å²) in [5.74, 6) is 0. The van der Waals surface area contributed by atoms with Crippen LogP contribution in [0.2, 0.25) is 0 Å². The summed E-state index contributed by atoms with van der Waals surface area (Å²) in [6, 6.07) is 18.8. The molecule has 0 aromatic heterocycles. The van der Waals surface area contributed by atoms with E-state index in [0.717, 1.165) is 41.7 Å². The zero-order valence-corrected chi connectivity index (χ0v) is 18.0. The third kappa shape index (κ3) is 3.76. The first-order chi connectivity index (χ1) is 13.7. The topological polar surface area (TPSA) is 71.5 Å². The van der Waals surface area contributed by atoms with Crippen molar-refractivity contribution in [3.8, 4) is 0 Å². The second-order valence-corrected chi connectivity index (χ2v) is 11.6. The number of hydrogen-bond acceptors (Lipinski definition) is 5. The van der Waals surface area contributed by atoms with Crippen LogP contribution >= 0.6 is 0 Å². The van der Waals surface area contributed by atoms with Crippen LogP contribution in [0.1, 0.15) is 24.4 Å². The Morgan fingerprint density at radius 2 is 1.59 bits per heavy atom. The summed E-state index contributed by atoms with van der Waals surface area (Å²) in [6.07, 6.45) is 4.06. The summed E-state index contributed by atoms with van der Waals surface area (Å²) >= 11 is 0. The minimum Gasteiger partial charge on any atom is -0.363 e. The Hall–Kier alpha value is -2.38. The Morgan fingerprint density at radius 1 is 0.862 bits per heavy atom. The van der Waals surface area contributed by atoms with Crippen LogP contribution in [0.4, 0.5) is 5.69 Å². The molecule has 1 fully saturated rings. The van der Waals surface area contributed by atoms with Crippen LogP contribution in [-0.2, 0) is 19.7 Å². The van der Waals surface area contributed by atoms with Crippen molar-refractivity contribution in [1.82, 2.24) is 0 Å². The van der Waals surface area contributed by atoms with E-state index in [-0.39, 0.29) is 15.8 Å². The Morgan fingerprint density at radius 3 is 2.31 bits per heavy atom. The second kappa shape index (κ2) is 7.15. The minimum atomic E-state index is -3.61. The molecule has 1 heterocycles. The lowest BCUT2D eigenvalue weighted by Gasteiger charge is -2.30. The van der Waals surface area contributed by atoms with E-state index in [2.05, 4.69) is 29.2 Å². The summed E-state index contributed by atoms with van der Waals surface area (Å²) < 4.78 is 49.0. The molecule has 1 aliphatic rings. The molecule has 3 aromatic carbocycles. The van der Waals surface area contributed by atoms with E-state index in [1.807, 2.05) is 18.2 Å². The maximum atomic E-state index is 12.5. The van der Waals surface area contributed by atoms with E-state index in [1.165, 1.54) is 12.1 Å². The maximum Gasteiger partial charge on any atom is 0.177 e. The van der Waals surface area contributed by atoms with E-state index < -0.39 is 19.7 Å². The van der Waals surface area contributed by atoms with Gasteiger partial charge in [-0.25, -0.2) is 16.8 Å². The lowest BCUT2D eigenvalue weighted by molar-refractivity contribution is 0.599. The average molecular weight is 430 g/mol. The number of fused-ring (bicyclic) bond motifs is 1. The van der Waals surface area contributed by atoms with Crippen molar-refractivity contribution in [2.45, 2.75) is 28.7 Å². The van der Waals surface area contributed by atoms with Gasteiger partial charge in [-0.3, -0.25) is 0 Å². The number of sulfone groups is 2. The number of anilines is 1. The lowest BCUT2D eigenvalue weighted by atomic mass is 9.97. The van der Waals surface area contributed by atoms with Crippen molar-refractivity contribution >= 4 is 36.1 Å². The van der Waals surface area contributed by atoms with Crippen molar-refractivity contribution < 1.29 is 16.8 Å². The van der Waals surface area contributed by atoms with E-state index in [4.69, 9.17) is 0 Å². The largest absolute Gasteiger partial charge is 0.363 e. The van der Waals surface area contributed by atoms with Crippen molar-refractivity contribution in [3.05, 3.63) is 66.2 Å². The molecule has 0 saturated carbocycles. The van der Waals surface area contributed by atoms with Crippen LogP contribution in [0.15, 0.2) is 70.5 Å². The second-order valence-electron chi connectivity index (χ2n) is 7.59. The molecule has 3 aromatic rings. The molecule has 1 aliphatic heterocycles. The van der Waals surface area contributed by atoms with Crippen molar-refractivity contribution in [3.63, 3.8) is 0 Å². The molecule has 1 unspecified atom stereocenters. The van der Waals surface area contributed by atoms with Gasteiger partial charge < -0.3 is 4.90 Å². The molecule has 152 valence electrons. The summed E-state index contributed by atoms with van der Waals surface area (Å²) in [7, 11) is -7.11. The van der Waals surface area contributed by atoms with Crippen molar-refractivity contribution in [2.24, 2.45) is 0 Å². The van der Waals surface area contributed by atoms with Gasteiger partial charge in [-0.1, -0.05) is 42.5 Å². The molecule has 1 saturated heterocycles. The van der Waals surface area contributed by atoms with Gasteiger partial charge in [0.25, 0.3) is 0 Å². The molecule has 29 heavy (non-hydrogen) atoms. The fourth-order valence-corrected chi connectivity index (χ4v) is 5.81. The third-order valence-corrected chi connectivity index (χ3v) is 7.74. The first-order valence-electron chi connectivity index (χ1n) is 9.45.